The van der Waals surface area contributed by atoms with Gasteiger partial charge in [0.1, 0.15) is 0 Å². The molecule has 2 rings (SSSR count). The molecule has 1 fully saturated rings. The first kappa shape index (κ1) is 16.7. The lowest BCUT2D eigenvalue weighted by Crippen LogP contribution is -2.58. The zero-order valence-electron chi connectivity index (χ0n) is 13.8. The van der Waals surface area contributed by atoms with Crippen LogP contribution in [0, 0.1) is 0 Å². The topological polar surface area (TPSA) is 26.7 Å². The van der Waals surface area contributed by atoms with Crippen LogP contribution < -0.4 is 5.19 Å². The van der Waals surface area contributed by atoms with Crippen molar-refractivity contribution in [3.8, 4) is 0 Å². The number of hydrogen-bond donors (Lipinski definition) is 1. The molecule has 1 aromatic rings. The van der Waals surface area contributed by atoms with E-state index >= 15 is 0 Å². The second kappa shape index (κ2) is 7.54. The van der Waals surface area contributed by atoms with Gasteiger partial charge in [0.2, 0.25) is 0 Å². The molecule has 1 aliphatic heterocycles. The van der Waals surface area contributed by atoms with Crippen LogP contribution in [-0.2, 0) is 0 Å². The smallest absolute Gasteiger partial charge is 0.0948 e. The van der Waals surface area contributed by atoms with Crippen LogP contribution >= 0.6 is 0 Å². The second-order valence-corrected chi connectivity index (χ2v) is 11.5. The first-order chi connectivity index (χ1) is 10.1. The van der Waals surface area contributed by atoms with Gasteiger partial charge in [-0.3, -0.25) is 4.90 Å². The van der Waals surface area contributed by atoms with E-state index in [1.165, 1.54) is 6.17 Å². The van der Waals surface area contributed by atoms with Crippen molar-refractivity contribution in [3.05, 3.63) is 30.3 Å². The Bertz CT molecular complexity index is 412. The highest BCUT2D eigenvalue weighted by molar-refractivity contribution is 6.89. The van der Waals surface area contributed by atoms with Gasteiger partial charge >= 0.3 is 0 Å². The highest BCUT2D eigenvalue weighted by Crippen LogP contribution is 2.12. The Morgan fingerprint density at radius 2 is 1.71 bits per heavy atom. The molecule has 4 heteroatoms. The van der Waals surface area contributed by atoms with Crippen molar-refractivity contribution in [1.82, 2.24) is 9.80 Å². The molecule has 1 heterocycles. The molecular formula is C17H30N2OSi. The number of nitrogens with zero attached hydrogens (tertiary/aromatic N) is 2. The highest BCUT2D eigenvalue weighted by Gasteiger charge is 2.29. The van der Waals surface area contributed by atoms with Crippen molar-refractivity contribution in [2.24, 2.45) is 0 Å². The fourth-order valence-corrected chi connectivity index (χ4v) is 6.04. The molecule has 0 amide bonds. The minimum absolute atomic E-state index is 0.292. The van der Waals surface area contributed by atoms with Crippen LogP contribution in [0.4, 0.5) is 0 Å². The Morgan fingerprint density at radius 1 is 1.10 bits per heavy atom. The molecule has 0 bridgehead atoms. The molecule has 1 N–H and O–H groups in total. The summed E-state index contributed by atoms with van der Waals surface area (Å²) in [6, 6.07) is 11.4. The number of rotatable bonds is 6. The summed E-state index contributed by atoms with van der Waals surface area (Å²) < 4.78 is 0. The van der Waals surface area contributed by atoms with Crippen LogP contribution in [0.25, 0.3) is 0 Å². The van der Waals surface area contributed by atoms with E-state index in [1.807, 2.05) is 0 Å². The number of hydrogen-bond acceptors (Lipinski definition) is 3. The molecule has 3 nitrogen and oxygen atoms in total. The molecule has 0 spiro atoms. The minimum Gasteiger partial charge on any atom is -0.395 e. The van der Waals surface area contributed by atoms with Crippen molar-refractivity contribution >= 4 is 13.3 Å². The van der Waals surface area contributed by atoms with Crippen LogP contribution in [0.3, 0.4) is 0 Å². The van der Waals surface area contributed by atoms with E-state index in [0.29, 0.717) is 12.6 Å². The zero-order chi connectivity index (χ0) is 15.3. The summed E-state index contributed by atoms with van der Waals surface area (Å²) in [5, 5.41) is 11.0. The summed E-state index contributed by atoms with van der Waals surface area (Å²) in [6.07, 6.45) is 2.28. The molecule has 1 aliphatic rings. The van der Waals surface area contributed by atoms with Gasteiger partial charge in [0.15, 0.2) is 0 Å². The number of benzene rings is 1. The fourth-order valence-electron chi connectivity index (χ4n) is 3.33. The average molecular weight is 307 g/mol. The van der Waals surface area contributed by atoms with Gasteiger partial charge in [0, 0.05) is 32.2 Å². The maximum absolute atomic E-state index is 9.43. The van der Waals surface area contributed by atoms with Crippen molar-refractivity contribution in [2.75, 3.05) is 39.0 Å². The van der Waals surface area contributed by atoms with Crippen LogP contribution in [0.2, 0.25) is 13.1 Å². The molecule has 21 heavy (non-hydrogen) atoms. The second-order valence-electron chi connectivity index (χ2n) is 6.81. The van der Waals surface area contributed by atoms with Gasteiger partial charge in [-0.15, -0.1) is 0 Å². The van der Waals surface area contributed by atoms with Gasteiger partial charge in [-0.25, -0.2) is 0 Å². The van der Waals surface area contributed by atoms with E-state index in [2.05, 4.69) is 60.1 Å². The van der Waals surface area contributed by atoms with Gasteiger partial charge < -0.3 is 10.0 Å². The van der Waals surface area contributed by atoms with E-state index in [4.69, 9.17) is 0 Å². The largest absolute Gasteiger partial charge is 0.395 e. The molecule has 1 saturated heterocycles. The lowest BCUT2D eigenvalue weighted by molar-refractivity contribution is 0.0697. The van der Waals surface area contributed by atoms with E-state index < -0.39 is 8.07 Å². The number of piperazine rings is 1. The van der Waals surface area contributed by atoms with E-state index in [9.17, 15) is 5.11 Å². The normalized spacial score (nSPS) is 19.6. The van der Waals surface area contributed by atoms with Crippen LogP contribution in [-0.4, -0.2) is 68.0 Å². The summed E-state index contributed by atoms with van der Waals surface area (Å²) in [4.78, 5) is 5.08. The third-order valence-electron chi connectivity index (χ3n) is 4.78. The standard InChI is InChI=1S/C17H30N2OSi/c1-4-16(14-20)19-12-10-18(11-13-19)15-21(2,3)17-8-6-5-7-9-17/h5-9,16,20H,4,10-15H2,1-3H3/t16-/m0/s1. The maximum atomic E-state index is 9.43. The number of aliphatic hydroxyl groups is 1. The third kappa shape index (κ3) is 4.39. The summed E-state index contributed by atoms with van der Waals surface area (Å²) in [6.45, 7) is 11.9. The maximum Gasteiger partial charge on any atom is 0.0948 e. The van der Waals surface area contributed by atoms with Crippen LogP contribution in [0.15, 0.2) is 30.3 Å². The molecule has 0 radical (unpaired) electrons. The summed E-state index contributed by atoms with van der Waals surface area (Å²) >= 11 is 0. The molecule has 0 saturated carbocycles. The van der Waals surface area contributed by atoms with Gasteiger partial charge in [-0.2, -0.15) is 0 Å². The molecule has 0 aromatic heterocycles. The Hall–Kier alpha value is -0.683. The lowest BCUT2D eigenvalue weighted by atomic mass is 10.2. The number of aliphatic hydroxyl groups excluding tert-OH is 1. The predicted octanol–water partition coefficient (Wildman–Crippen LogP) is 1.53. The van der Waals surface area contributed by atoms with Gasteiger partial charge in [-0.05, 0) is 12.6 Å². The van der Waals surface area contributed by atoms with E-state index in [0.717, 1.165) is 32.6 Å². The third-order valence-corrected chi connectivity index (χ3v) is 7.91. The van der Waals surface area contributed by atoms with Crippen LogP contribution in [0.1, 0.15) is 13.3 Å². The fraction of sp³-hybridized carbons (Fsp3) is 0.647. The van der Waals surface area contributed by atoms with E-state index in [-0.39, 0.29) is 0 Å². The lowest BCUT2D eigenvalue weighted by Gasteiger charge is -2.41. The summed E-state index contributed by atoms with van der Waals surface area (Å²) in [5.41, 5.74) is 0. The minimum atomic E-state index is -1.37. The molecular weight excluding hydrogens is 276 g/mol. The van der Waals surface area contributed by atoms with Crippen molar-refractivity contribution < 1.29 is 5.11 Å². The predicted molar refractivity (Wildman–Crippen MR) is 92.7 cm³/mol. The Labute approximate surface area is 130 Å². The molecule has 0 unspecified atom stereocenters. The summed E-state index contributed by atoms with van der Waals surface area (Å²) in [7, 11) is -1.37. The van der Waals surface area contributed by atoms with E-state index in [1.54, 1.807) is 5.19 Å². The average Bonchev–Trinajstić information content (AvgIpc) is 2.51. The SMILES string of the molecule is CC[C@@H](CO)N1CCN(C[Si](C)(C)c2ccccc2)CC1. The van der Waals surface area contributed by atoms with Crippen LogP contribution in [0.5, 0.6) is 0 Å². The summed E-state index contributed by atoms with van der Waals surface area (Å²) in [5.74, 6) is 0. The van der Waals surface area contributed by atoms with Crippen molar-refractivity contribution in [1.29, 1.82) is 0 Å². The van der Waals surface area contributed by atoms with Gasteiger partial charge in [0.05, 0.1) is 14.7 Å². The Kier molecular flexibility index (Phi) is 5.99. The monoisotopic (exact) mass is 306 g/mol. The first-order valence-corrected chi connectivity index (χ1v) is 11.4. The van der Waals surface area contributed by atoms with Gasteiger partial charge in [-0.1, -0.05) is 55.5 Å². The zero-order valence-corrected chi connectivity index (χ0v) is 14.8. The highest BCUT2D eigenvalue weighted by atomic mass is 28.3. The first-order valence-electron chi connectivity index (χ1n) is 8.19. The van der Waals surface area contributed by atoms with Crippen molar-refractivity contribution in [2.45, 2.75) is 32.5 Å². The molecule has 118 valence electrons. The molecule has 1 atom stereocenters. The molecule has 1 aromatic carbocycles. The quantitative estimate of drug-likeness (QED) is 0.808. The molecule has 0 aliphatic carbocycles. The Balaban J connectivity index is 1.88. The van der Waals surface area contributed by atoms with Crippen molar-refractivity contribution in [3.63, 3.8) is 0 Å². The Morgan fingerprint density at radius 3 is 2.24 bits per heavy atom. The van der Waals surface area contributed by atoms with Gasteiger partial charge in [0.25, 0.3) is 0 Å².